The number of hydrogen-bond donors (Lipinski definition) is 5. The molecular weight excluding hydrogens is 622 g/mol. The van der Waals surface area contributed by atoms with Crippen molar-refractivity contribution >= 4 is 55.9 Å². The molecule has 2 fully saturated rings. The highest BCUT2D eigenvalue weighted by Gasteiger charge is 2.56. The van der Waals surface area contributed by atoms with E-state index in [1.807, 2.05) is 0 Å². The molecule has 0 radical (unpaired) electrons. The van der Waals surface area contributed by atoms with E-state index < -0.39 is 51.9 Å². The molecule has 240 valence electrons. The number of carboxylic acid groups (broad SMARTS) is 1. The van der Waals surface area contributed by atoms with Gasteiger partial charge < -0.3 is 31.6 Å². The van der Waals surface area contributed by atoms with Crippen LogP contribution < -0.4 is 11.5 Å². The third-order valence-electron chi connectivity index (χ3n) is 7.03. The smallest absolute Gasteiger partial charge is 0.362 e. The lowest BCUT2D eigenvalue weighted by Gasteiger charge is -2.43. The van der Waals surface area contributed by atoms with Crippen LogP contribution in [-0.4, -0.2) is 103 Å². The summed E-state index contributed by atoms with van der Waals surface area (Å²) in [5.41, 5.74) is 10.1. The van der Waals surface area contributed by atoms with Gasteiger partial charge in [0.25, 0.3) is 0 Å². The third-order valence-corrected chi connectivity index (χ3v) is 8.66. The molecule has 0 spiro atoms. The monoisotopic (exact) mass is 655 g/mol. The van der Waals surface area contributed by atoms with Crippen LogP contribution in [0.5, 0.6) is 0 Å². The second-order valence-electron chi connectivity index (χ2n) is 10.3. The number of anilines is 1. The first-order valence-electron chi connectivity index (χ1n) is 13.6. The van der Waals surface area contributed by atoms with E-state index in [2.05, 4.69) is 20.3 Å². The van der Waals surface area contributed by atoms with Crippen molar-refractivity contribution in [2.45, 2.75) is 63.1 Å². The first-order chi connectivity index (χ1) is 20.8. The molecule has 0 unspecified atom stereocenters. The first kappa shape index (κ1) is 33.1. The zero-order valence-electron chi connectivity index (χ0n) is 23.5. The molecule has 3 heterocycles. The molecule has 1 aliphatic carbocycles. The predicted octanol–water partition coefficient (Wildman–Crippen LogP) is -0.348. The number of thiazole rings is 1. The number of carbonyl (C=O) groups is 3. The van der Waals surface area contributed by atoms with Crippen LogP contribution >= 0.6 is 11.3 Å². The van der Waals surface area contributed by atoms with Crippen LogP contribution in [-0.2, 0) is 47.2 Å². The molecule has 2 aromatic heterocycles. The van der Waals surface area contributed by atoms with Crippen molar-refractivity contribution in [1.82, 2.24) is 24.3 Å². The Kier molecular flexibility index (Phi) is 10.4. The highest BCUT2D eigenvalue weighted by Crippen LogP contribution is 2.40. The molecule has 20 heteroatoms. The molecule has 1 aliphatic heterocycles. The number of aliphatic carboxylic acids is 1. The average Bonchev–Trinajstić information content (AvgIpc) is 3.42. The molecule has 2 aliphatic rings. The number of aryl methyl sites for hydroxylation is 1. The van der Waals surface area contributed by atoms with Gasteiger partial charge in [-0.05, 0) is 25.7 Å². The van der Waals surface area contributed by atoms with E-state index in [1.165, 1.54) is 11.6 Å². The van der Waals surface area contributed by atoms with Crippen molar-refractivity contribution in [2.24, 2.45) is 16.8 Å². The number of nitrogen functional groups attached to an aromatic ring is 1. The number of carbonyl (C=O) groups excluding carboxylic acids is 2. The molecule has 1 saturated carbocycles. The second-order valence-corrected chi connectivity index (χ2v) is 12.5. The summed E-state index contributed by atoms with van der Waals surface area (Å²) >= 11 is 0.996. The Labute approximate surface area is 255 Å². The average molecular weight is 656 g/mol. The van der Waals surface area contributed by atoms with E-state index in [4.69, 9.17) is 26.5 Å². The van der Waals surface area contributed by atoms with E-state index in [1.54, 1.807) is 0 Å². The standard InChI is InChI=1S/C24H33N9O9S2/c25-7-9-41-8-1-2-14(26)3-4-15-11-28-32(30-15)12-18-16(21(35)33(18)44(38,39)40)10-19(34)20(17-13-43-23(27)29-17)31-42-24(5-6-24)22(36)37/h11,13,16,18,26H,1-10,12,25H2,(H2,27,29)(H,36,37)(H,38,39,40)/b26-14?,31-20-/t16-,18+/m0/s1. The molecule has 1 saturated heterocycles. The number of carboxylic acids is 1. The number of ketones is 1. The highest BCUT2D eigenvalue weighted by molar-refractivity contribution is 7.84. The minimum Gasteiger partial charge on any atom is -0.478 e. The number of rotatable bonds is 19. The Morgan fingerprint density at radius 2 is 2.02 bits per heavy atom. The molecular formula is C24H33N9O9S2. The molecule has 0 aromatic carbocycles. The van der Waals surface area contributed by atoms with Crippen molar-refractivity contribution in [3.05, 3.63) is 23.0 Å². The fourth-order valence-corrected chi connectivity index (χ4v) is 5.95. The van der Waals surface area contributed by atoms with Crippen molar-refractivity contribution in [2.75, 3.05) is 25.5 Å². The summed E-state index contributed by atoms with van der Waals surface area (Å²) in [7, 11) is -4.97. The van der Waals surface area contributed by atoms with E-state index in [0.717, 1.165) is 16.1 Å². The van der Waals surface area contributed by atoms with Crippen LogP contribution in [0.3, 0.4) is 0 Å². The number of β-lactam (4-membered cyclic amide) rings is 1. The largest absolute Gasteiger partial charge is 0.478 e. The molecule has 1 amide bonds. The van der Waals surface area contributed by atoms with Crippen LogP contribution in [0.15, 0.2) is 16.7 Å². The summed E-state index contributed by atoms with van der Waals surface area (Å²) in [6.07, 6.45) is 3.29. The maximum absolute atomic E-state index is 13.4. The zero-order valence-corrected chi connectivity index (χ0v) is 25.1. The van der Waals surface area contributed by atoms with Crippen LogP contribution in [0.25, 0.3) is 0 Å². The lowest BCUT2D eigenvalue weighted by Crippen LogP contribution is -2.64. The molecule has 18 nitrogen and oxygen atoms in total. The van der Waals surface area contributed by atoms with Crippen LogP contribution in [0.1, 0.15) is 49.9 Å². The number of nitrogens with two attached hydrogens (primary N) is 2. The molecule has 44 heavy (non-hydrogen) atoms. The van der Waals surface area contributed by atoms with E-state index >= 15 is 0 Å². The fourth-order valence-electron chi connectivity index (χ4n) is 4.49. The first-order valence-corrected chi connectivity index (χ1v) is 15.9. The topological polar surface area (TPSA) is 279 Å². The van der Waals surface area contributed by atoms with Crippen molar-refractivity contribution in [3.63, 3.8) is 0 Å². The Morgan fingerprint density at radius 3 is 2.64 bits per heavy atom. The van der Waals surface area contributed by atoms with Gasteiger partial charge in [-0.1, -0.05) is 5.16 Å². The summed E-state index contributed by atoms with van der Waals surface area (Å²) in [4.78, 5) is 48.0. The molecule has 0 bridgehead atoms. The molecule has 2 atom stereocenters. The SMILES string of the molecule is N=C(CCCOCCN)CCc1cnn(C[C@@H]2[C@H](CC(=O)/C(=N\OC3(C(=O)O)CC3)c3csc(N)n3)C(=O)N2S(=O)(=O)O)n1. The van der Waals surface area contributed by atoms with Crippen molar-refractivity contribution in [1.29, 1.82) is 5.41 Å². The predicted molar refractivity (Wildman–Crippen MR) is 154 cm³/mol. The molecule has 2 aromatic rings. The minimum absolute atomic E-state index is 0.000634. The summed E-state index contributed by atoms with van der Waals surface area (Å²) < 4.78 is 39.2. The Bertz CT molecular complexity index is 1530. The maximum atomic E-state index is 13.4. The van der Waals surface area contributed by atoms with Gasteiger partial charge in [0.15, 0.2) is 16.6 Å². The number of ether oxygens (including phenoxy) is 1. The van der Waals surface area contributed by atoms with Gasteiger partial charge in [-0.25, -0.2) is 14.1 Å². The van der Waals surface area contributed by atoms with Crippen LogP contribution in [0.2, 0.25) is 0 Å². The number of nitrogens with zero attached hydrogens (tertiary/aromatic N) is 6. The molecule has 7 N–H and O–H groups in total. The number of Topliss-reactive ketones (excluding diaryl/α,β-unsaturated/α-hetero) is 1. The van der Waals surface area contributed by atoms with Crippen LogP contribution in [0, 0.1) is 11.3 Å². The van der Waals surface area contributed by atoms with Gasteiger partial charge >= 0.3 is 16.3 Å². The van der Waals surface area contributed by atoms with Gasteiger partial charge in [0.05, 0.1) is 37.0 Å². The lowest BCUT2D eigenvalue weighted by molar-refractivity contribution is -0.153. The van der Waals surface area contributed by atoms with Gasteiger partial charge in [0.1, 0.15) is 5.69 Å². The lowest BCUT2D eigenvalue weighted by atomic mass is 9.84. The number of nitrogens with one attached hydrogen (secondary N) is 1. The highest BCUT2D eigenvalue weighted by atomic mass is 32.2. The molecule has 4 rings (SSSR count). The normalized spacial score (nSPS) is 19.5. The number of amides is 1. The van der Waals surface area contributed by atoms with E-state index in [-0.39, 0.29) is 40.2 Å². The second kappa shape index (κ2) is 13.8. The summed E-state index contributed by atoms with van der Waals surface area (Å²) in [5.74, 6) is -4.27. The Balaban J connectivity index is 1.43. The van der Waals surface area contributed by atoms with E-state index in [0.29, 0.717) is 56.8 Å². The third kappa shape index (κ3) is 8.00. The zero-order chi connectivity index (χ0) is 32.1. The van der Waals surface area contributed by atoms with Crippen LogP contribution in [0.4, 0.5) is 5.13 Å². The fraction of sp³-hybridized carbons (Fsp3) is 0.583. The maximum Gasteiger partial charge on any atom is 0.362 e. The summed E-state index contributed by atoms with van der Waals surface area (Å²) in [6.45, 7) is 1.13. The van der Waals surface area contributed by atoms with Gasteiger partial charge in [0, 0.05) is 43.5 Å². The Hall–Kier alpha value is -3.85. The van der Waals surface area contributed by atoms with Gasteiger partial charge in [-0.15, -0.1) is 11.3 Å². The van der Waals surface area contributed by atoms with Gasteiger partial charge in [0.2, 0.25) is 11.5 Å². The summed E-state index contributed by atoms with van der Waals surface area (Å²) in [6, 6.07) is -1.22. The quantitative estimate of drug-likeness (QED) is 0.0425. The van der Waals surface area contributed by atoms with Gasteiger partial charge in [-0.2, -0.15) is 23.4 Å². The Morgan fingerprint density at radius 1 is 1.27 bits per heavy atom. The number of oxime groups is 1. The number of aromatic nitrogens is 4. The van der Waals surface area contributed by atoms with Crippen molar-refractivity contribution in [3.8, 4) is 0 Å². The summed E-state index contributed by atoms with van der Waals surface area (Å²) in [5, 5.41) is 31.2. The van der Waals surface area contributed by atoms with E-state index in [9.17, 15) is 32.5 Å². The number of hydrogen-bond acceptors (Lipinski definition) is 15. The van der Waals surface area contributed by atoms with Gasteiger partial charge in [-0.3, -0.25) is 14.1 Å². The van der Waals surface area contributed by atoms with Crippen molar-refractivity contribution < 1.29 is 42.0 Å². The minimum atomic E-state index is -4.97.